The molecule has 0 unspecified atom stereocenters. The molecule has 1 aliphatic rings. The van der Waals surface area contributed by atoms with Gasteiger partial charge in [-0.25, -0.2) is 13.1 Å². The summed E-state index contributed by atoms with van der Waals surface area (Å²) in [4.78, 5) is 28.8. The zero-order valence-corrected chi connectivity index (χ0v) is 22.1. The van der Waals surface area contributed by atoms with Gasteiger partial charge < -0.3 is 10.2 Å². The quantitative estimate of drug-likeness (QED) is 0.324. The summed E-state index contributed by atoms with van der Waals surface area (Å²) in [5.41, 5.74) is 2.47. The normalized spacial score (nSPS) is 13.9. The second-order valence-corrected chi connectivity index (χ2v) is 11.1. The Kier molecular flexibility index (Phi) is 9.10. The summed E-state index contributed by atoms with van der Waals surface area (Å²) in [6.45, 7) is 4.24. The zero-order chi connectivity index (χ0) is 27.0. The van der Waals surface area contributed by atoms with E-state index in [1.807, 2.05) is 60.7 Å². The first kappa shape index (κ1) is 27.3. The molecule has 1 aliphatic carbocycles. The largest absolute Gasteiger partial charge is 0.351 e. The molecule has 4 rings (SSSR count). The van der Waals surface area contributed by atoms with Gasteiger partial charge in [-0.15, -0.1) is 6.58 Å². The number of sulfonamides is 1. The fourth-order valence-corrected chi connectivity index (χ4v) is 5.50. The first-order chi connectivity index (χ1) is 18.4. The van der Waals surface area contributed by atoms with Crippen LogP contribution < -0.4 is 10.0 Å². The van der Waals surface area contributed by atoms with Crippen LogP contribution in [0.5, 0.6) is 0 Å². The van der Waals surface area contributed by atoms with Crippen molar-refractivity contribution in [1.29, 1.82) is 0 Å². The van der Waals surface area contributed by atoms with Crippen molar-refractivity contribution >= 4 is 21.8 Å². The minimum Gasteiger partial charge on any atom is -0.351 e. The van der Waals surface area contributed by atoms with Gasteiger partial charge in [0.2, 0.25) is 21.8 Å². The maximum atomic E-state index is 13.7. The Morgan fingerprint density at radius 2 is 1.55 bits per heavy atom. The monoisotopic (exact) mass is 531 g/mol. The maximum Gasteiger partial charge on any atom is 0.247 e. The molecule has 3 aromatic rings. The number of amides is 2. The fourth-order valence-electron chi connectivity index (χ4n) is 4.20. The van der Waals surface area contributed by atoms with Crippen LogP contribution in [0.15, 0.2) is 102 Å². The number of rotatable bonds is 13. The van der Waals surface area contributed by atoms with Crippen LogP contribution in [0.1, 0.15) is 42.0 Å². The number of carbonyl (C=O) groups is 2. The van der Waals surface area contributed by atoms with E-state index >= 15 is 0 Å². The number of nitrogens with one attached hydrogen (secondary N) is 2. The van der Waals surface area contributed by atoms with E-state index in [4.69, 9.17) is 0 Å². The minimum atomic E-state index is -3.53. The summed E-state index contributed by atoms with van der Waals surface area (Å²) in [5.74, 6) is -0.457. The molecule has 0 saturated heterocycles. The third kappa shape index (κ3) is 7.40. The third-order valence-electron chi connectivity index (χ3n) is 6.37. The van der Waals surface area contributed by atoms with Crippen LogP contribution in [-0.4, -0.2) is 37.7 Å². The van der Waals surface area contributed by atoms with Crippen molar-refractivity contribution in [2.45, 2.75) is 49.2 Å². The lowest BCUT2D eigenvalue weighted by molar-refractivity contribution is -0.141. The van der Waals surface area contributed by atoms with E-state index in [9.17, 15) is 18.0 Å². The summed E-state index contributed by atoms with van der Waals surface area (Å²) in [5, 5.41) is 2.85. The third-order valence-corrected chi connectivity index (χ3v) is 7.91. The highest BCUT2D eigenvalue weighted by atomic mass is 32.2. The summed E-state index contributed by atoms with van der Waals surface area (Å²) >= 11 is 0. The fraction of sp³-hybridized carbons (Fsp3) is 0.267. The molecule has 7 nitrogen and oxygen atoms in total. The van der Waals surface area contributed by atoms with E-state index in [1.54, 1.807) is 35.2 Å². The van der Waals surface area contributed by atoms with Crippen LogP contribution in [0.25, 0.3) is 0 Å². The summed E-state index contributed by atoms with van der Waals surface area (Å²) in [6, 6.07) is 24.7. The molecule has 1 atom stereocenters. The van der Waals surface area contributed by atoms with Crippen molar-refractivity contribution in [2.24, 2.45) is 0 Å². The molecule has 2 amide bonds. The Balaban J connectivity index is 1.54. The van der Waals surface area contributed by atoms with Crippen LogP contribution in [0, 0.1) is 0 Å². The predicted molar refractivity (Wildman–Crippen MR) is 147 cm³/mol. The molecular weight excluding hydrogens is 498 g/mol. The van der Waals surface area contributed by atoms with E-state index in [1.165, 1.54) is 0 Å². The minimum absolute atomic E-state index is 0.0362. The molecule has 198 valence electrons. The lowest BCUT2D eigenvalue weighted by atomic mass is 10.0. The lowest BCUT2D eigenvalue weighted by Crippen LogP contribution is -2.43. The van der Waals surface area contributed by atoms with Gasteiger partial charge in [-0.2, -0.15) is 0 Å². The van der Waals surface area contributed by atoms with E-state index < -0.39 is 16.1 Å². The van der Waals surface area contributed by atoms with Crippen molar-refractivity contribution in [3.8, 4) is 0 Å². The number of benzene rings is 3. The molecule has 3 aromatic carbocycles. The number of hydrogen-bond acceptors (Lipinski definition) is 4. The molecule has 0 spiro atoms. The second-order valence-electron chi connectivity index (χ2n) is 9.39. The van der Waals surface area contributed by atoms with Crippen LogP contribution in [0.3, 0.4) is 0 Å². The highest BCUT2D eigenvalue weighted by molar-refractivity contribution is 7.89. The Morgan fingerprint density at radius 1 is 0.921 bits per heavy atom. The van der Waals surface area contributed by atoms with Crippen molar-refractivity contribution in [1.82, 2.24) is 14.9 Å². The number of aryl methyl sites for hydroxylation is 1. The van der Waals surface area contributed by atoms with Crippen molar-refractivity contribution in [2.75, 3.05) is 6.54 Å². The second kappa shape index (κ2) is 12.7. The molecule has 0 aliphatic heterocycles. The smallest absolute Gasteiger partial charge is 0.247 e. The van der Waals surface area contributed by atoms with Gasteiger partial charge in [-0.1, -0.05) is 78.9 Å². The lowest BCUT2D eigenvalue weighted by Gasteiger charge is -2.31. The van der Waals surface area contributed by atoms with Gasteiger partial charge in [0.1, 0.15) is 6.04 Å². The van der Waals surface area contributed by atoms with Gasteiger partial charge in [0.15, 0.2) is 0 Å². The van der Waals surface area contributed by atoms with Gasteiger partial charge in [0.05, 0.1) is 4.90 Å². The molecule has 0 aromatic heterocycles. The van der Waals surface area contributed by atoms with E-state index in [2.05, 4.69) is 16.6 Å². The maximum absolute atomic E-state index is 13.7. The Hall–Kier alpha value is -3.75. The topological polar surface area (TPSA) is 95.6 Å². The molecule has 0 heterocycles. The molecule has 0 bridgehead atoms. The van der Waals surface area contributed by atoms with Crippen molar-refractivity contribution in [3.63, 3.8) is 0 Å². The number of nitrogens with zero attached hydrogens (tertiary/aromatic N) is 1. The van der Waals surface area contributed by atoms with Crippen molar-refractivity contribution in [3.05, 3.63) is 114 Å². The Labute approximate surface area is 224 Å². The Morgan fingerprint density at radius 3 is 2.16 bits per heavy atom. The molecule has 1 saturated carbocycles. The SMILES string of the molecule is C=CCNC(=O)[C@H](c1ccccc1)N(Cc1ccccc1)C(=O)CCc1ccc(S(=O)(=O)NC2CC2)cc1. The predicted octanol–water partition coefficient (Wildman–Crippen LogP) is 4.13. The average Bonchev–Trinajstić information content (AvgIpc) is 3.75. The average molecular weight is 532 g/mol. The molecule has 1 fully saturated rings. The van der Waals surface area contributed by atoms with Crippen LogP contribution >= 0.6 is 0 Å². The first-order valence-electron chi connectivity index (χ1n) is 12.8. The standard InChI is InChI=1S/C30H33N3O4S/c1-2-21-31-30(35)29(25-11-7-4-8-12-25)33(22-24-9-5-3-6-10-24)28(34)20-15-23-13-18-27(19-14-23)38(36,37)32-26-16-17-26/h2-14,18-19,26,29,32H,1,15-17,20-22H2,(H,31,35)/t29-/m0/s1. The summed E-state index contributed by atoms with van der Waals surface area (Å²) in [7, 11) is -3.53. The summed E-state index contributed by atoms with van der Waals surface area (Å²) < 4.78 is 27.6. The van der Waals surface area contributed by atoms with Gasteiger partial charge in [-0.05, 0) is 48.1 Å². The molecule has 8 heteroatoms. The first-order valence-corrected chi connectivity index (χ1v) is 14.2. The molecule has 38 heavy (non-hydrogen) atoms. The van der Waals surface area contributed by atoms with Crippen molar-refractivity contribution < 1.29 is 18.0 Å². The highest BCUT2D eigenvalue weighted by Gasteiger charge is 2.31. The van der Waals surface area contributed by atoms with E-state index in [0.29, 0.717) is 13.0 Å². The van der Waals surface area contributed by atoms with Crippen LogP contribution in [0.4, 0.5) is 0 Å². The number of carbonyl (C=O) groups excluding carboxylic acids is 2. The molecular formula is C30H33N3O4S. The van der Waals surface area contributed by atoms with Gasteiger partial charge >= 0.3 is 0 Å². The highest BCUT2D eigenvalue weighted by Crippen LogP contribution is 2.26. The van der Waals surface area contributed by atoms with Gasteiger partial charge in [0, 0.05) is 25.6 Å². The number of hydrogen-bond donors (Lipinski definition) is 2. The zero-order valence-electron chi connectivity index (χ0n) is 21.3. The van der Waals surface area contributed by atoms with Crippen LogP contribution in [0.2, 0.25) is 0 Å². The van der Waals surface area contributed by atoms with Gasteiger partial charge in [-0.3, -0.25) is 9.59 Å². The van der Waals surface area contributed by atoms with E-state index in [-0.39, 0.29) is 35.7 Å². The summed E-state index contributed by atoms with van der Waals surface area (Å²) in [6.07, 6.45) is 3.92. The molecule has 0 radical (unpaired) electrons. The van der Waals surface area contributed by atoms with Gasteiger partial charge in [0.25, 0.3) is 0 Å². The van der Waals surface area contributed by atoms with E-state index in [0.717, 1.165) is 29.5 Å². The molecule has 2 N–H and O–H groups in total. The Bertz CT molecular complexity index is 1340. The van der Waals surface area contributed by atoms with Crippen LogP contribution in [-0.2, 0) is 32.6 Å².